The quantitative estimate of drug-likeness (QED) is 0.450. The van der Waals surface area contributed by atoms with Crippen molar-refractivity contribution in [2.24, 2.45) is 11.7 Å². The lowest BCUT2D eigenvalue weighted by Gasteiger charge is -2.10. The minimum atomic E-state index is 0.706. The Hall–Kier alpha value is -0.120. The van der Waals surface area contributed by atoms with Crippen LogP contribution in [0.4, 0.5) is 0 Å². The average molecular weight is 159 g/mol. The Morgan fingerprint density at radius 2 is 2.09 bits per heavy atom. The number of hydrogen-bond donors (Lipinski definition) is 3. The molecule has 0 bridgehead atoms. The van der Waals surface area contributed by atoms with Crippen LogP contribution in [0.15, 0.2) is 0 Å². The van der Waals surface area contributed by atoms with Crippen molar-refractivity contribution in [3.63, 3.8) is 0 Å². The third-order valence-electron chi connectivity index (χ3n) is 1.60. The van der Waals surface area contributed by atoms with Crippen molar-refractivity contribution in [1.29, 1.82) is 0 Å². The molecule has 0 amide bonds. The fourth-order valence-corrected chi connectivity index (χ4v) is 0.996. The molecule has 0 heterocycles. The maximum atomic E-state index is 5.35. The van der Waals surface area contributed by atoms with Gasteiger partial charge in [0.1, 0.15) is 0 Å². The fraction of sp³-hybridized carbons (Fsp3) is 1.00. The predicted octanol–water partition coefficient (Wildman–Crippen LogP) is -0.220. The molecule has 0 aromatic heterocycles. The predicted molar refractivity (Wildman–Crippen MR) is 49.6 cm³/mol. The van der Waals surface area contributed by atoms with E-state index in [-0.39, 0.29) is 0 Å². The highest BCUT2D eigenvalue weighted by Gasteiger charge is 1.97. The third-order valence-corrected chi connectivity index (χ3v) is 1.60. The molecule has 0 saturated heterocycles. The molecule has 0 aliphatic heterocycles. The van der Waals surface area contributed by atoms with Crippen LogP contribution in [0.5, 0.6) is 0 Å². The van der Waals surface area contributed by atoms with Gasteiger partial charge >= 0.3 is 0 Å². The zero-order valence-electron chi connectivity index (χ0n) is 7.69. The van der Waals surface area contributed by atoms with E-state index in [1.54, 1.807) is 0 Å². The molecule has 11 heavy (non-hydrogen) atoms. The number of nitrogens with one attached hydrogen (secondary N) is 2. The van der Waals surface area contributed by atoms with Crippen molar-refractivity contribution in [3.05, 3.63) is 0 Å². The van der Waals surface area contributed by atoms with E-state index in [0.717, 1.165) is 32.6 Å². The molecule has 4 N–H and O–H groups in total. The highest BCUT2D eigenvalue weighted by atomic mass is 14.9. The third kappa shape index (κ3) is 7.78. The Labute approximate surface area is 69.7 Å². The molecule has 3 heteroatoms. The topological polar surface area (TPSA) is 50.1 Å². The van der Waals surface area contributed by atoms with Crippen LogP contribution in [0.25, 0.3) is 0 Å². The number of rotatable bonds is 7. The van der Waals surface area contributed by atoms with Gasteiger partial charge in [0, 0.05) is 0 Å². The van der Waals surface area contributed by atoms with Crippen LogP contribution in [0.1, 0.15) is 13.3 Å². The minimum Gasteiger partial charge on any atom is -0.330 e. The first-order valence-corrected chi connectivity index (χ1v) is 4.36. The Balaban J connectivity index is 2.97. The first-order valence-electron chi connectivity index (χ1n) is 4.36. The van der Waals surface area contributed by atoms with Crippen molar-refractivity contribution in [1.82, 2.24) is 10.6 Å². The summed E-state index contributed by atoms with van der Waals surface area (Å²) in [6.07, 6.45) is 1.08. The second kappa shape index (κ2) is 7.98. The van der Waals surface area contributed by atoms with Gasteiger partial charge in [0.2, 0.25) is 0 Å². The molecular formula is C8H21N3. The monoisotopic (exact) mass is 159 g/mol. The van der Waals surface area contributed by atoms with E-state index in [0.29, 0.717) is 5.92 Å². The normalized spacial score (nSPS) is 13.4. The molecular weight excluding hydrogens is 138 g/mol. The van der Waals surface area contributed by atoms with E-state index in [9.17, 15) is 0 Å². The average Bonchev–Trinajstić information content (AvgIpc) is 1.99. The molecule has 0 aromatic carbocycles. The summed E-state index contributed by atoms with van der Waals surface area (Å²) in [7, 11) is 1.98. The summed E-state index contributed by atoms with van der Waals surface area (Å²) in [4.78, 5) is 0. The second-order valence-electron chi connectivity index (χ2n) is 3.01. The highest BCUT2D eigenvalue weighted by molar-refractivity contribution is 4.58. The Morgan fingerprint density at radius 1 is 1.36 bits per heavy atom. The SMILES string of the molecule is CNCC(C)CNCCCN. The summed E-state index contributed by atoms with van der Waals surface area (Å²) in [6, 6.07) is 0. The molecule has 0 saturated carbocycles. The molecule has 1 atom stereocenters. The van der Waals surface area contributed by atoms with Gasteiger partial charge in [-0.1, -0.05) is 6.92 Å². The van der Waals surface area contributed by atoms with Crippen LogP contribution in [-0.2, 0) is 0 Å². The molecule has 3 nitrogen and oxygen atoms in total. The smallest absolute Gasteiger partial charge is 0.00110 e. The van der Waals surface area contributed by atoms with Crippen LogP contribution >= 0.6 is 0 Å². The van der Waals surface area contributed by atoms with Gasteiger partial charge in [-0.3, -0.25) is 0 Å². The van der Waals surface area contributed by atoms with Crippen LogP contribution in [-0.4, -0.2) is 33.2 Å². The van der Waals surface area contributed by atoms with Gasteiger partial charge in [-0.25, -0.2) is 0 Å². The van der Waals surface area contributed by atoms with Crippen molar-refractivity contribution in [2.45, 2.75) is 13.3 Å². The van der Waals surface area contributed by atoms with Gasteiger partial charge in [0.05, 0.1) is 0 Å². The molecule has 1 unspecified atom stereocenters. The Kier molecular flexibility index (Phi) is 7.89. The standard InChI is InChI=1S/C8H21N3/c1-8(6-10-2)7-11-5-3-4-9/h8,10-11H,3-7,9H2,1-2H3. The van der Waals surface area contributed by atoms with E-state index in [1.165, 1.54) is 0 Å². The molecule has 68 valence electrons. The van der Waals surface area contributed by atoms with E-state index in [1.807, 2.05) is 7.05 Å². The molecule has 0 aliphatic carbocycles. The Bertz CT molecular complexity index is 75.7. The van der Waals surface area contributed by atoms with E-state index < -0.39 is 0 Å². The minimum absolute atomic E-state index is 0.706. The highest BCUT2D eigenvalue weighted by Crippen LogP contribution is 1.88. The number of nitrogens with two attached hydrogens (primary N) is 1. The maximum absolute atomic E-state index is 5.35. The van der Waals surface area contributed by atoms with E-state index >= 15 is 0 Å². The van der Waals surface area contributed by atoms with E-state index in [4.69, 9.17) is 5.73 Å². The van der Waals surface area contributed by atoms with Gasteiger partial charge in [-0.15, -0.1) is 0 Å². The van der Waals surface area contributed by atoms with Gasteiger partial charge < -0.3 is 16.4 Å². The zero-order chi connectivity index (χ0) is 8.53. The van der Waals surface area contributed by atoms with Gasteiger partial charge in [0.25, 0.3) is 0 Å². The molecule has 0 fully saturated rings. The lowest BCUT2D eigenvalue weighted by atomic mass is 10.2. The van der Waals surface area contributed by atoms with E-state index in [2.05, 4.69) is 17.6 Å². The maximum Gasteiger partial charge on any atom is -0.00110 e. The summed E-state index contributed by atoms with van der Waals surface area (Å²) in [5.74, 6) is 0.706. The molecule has 0 radical (unpaired) electrons. The van der Waals surface area contributed by atoms with Crippen molar-refractivity contribution in [2.75, 3.05) is 33.2 Å². The van der Waals surface area contributed by atoms with Crippen LogP contribution in [0, 0.1) is 5.92 Å². The van der Waals surface area contributed by atoms with Crippen molar-refractivity contribution < 1.29 is 0 Å². The molecule has 0 spiro atoms. The first-order chi connectivity index (χ1) is 5.31. The summed E-state index contributed by atoms with van der Waals surface area (Å²) in [5.41, 5.74) is 5.35. The second-order valence-corrected chi connectivity index (χ2v) is 3.01. The summed E-state index contributed by atoms with van der Waals surface area (Å²) in [5, 5.41) is 6.49. The van der Waals surface area contributed by atoms with Crippen LogP contribution in [0.2, 0.25) is 0 Å². The summed E-state index contributed by atoms with van der Waals surface area (Å²) >= 11 is 0. The summed E-state index contributed by atoms with van der Waals surface area (Å²) in [6.45, 7) is 6.22. The fourth-order valence-electron chi connectivity index (χ4n) is 0.996. The first kappa shape index (κ1) is 10.9. The Morgan fingerprint density at radius 3 is 2.64 bits per heavy atom. The van der Waals surface area contributed by atoms with Crippen LogP contribution in [0.3, 0.4) is 0 Å². The van der Waals surface area contributed by atoms with Gasteiger partial charge in [-0.05, 0) is 45.6 Å². The molecule has 0 aliphatic rings. The molecule has 0 aromatic rings. The largest absolute Gasteiger partial charge is 0.330 e. The zero-order valence-corrected chi connectivity index (χ0v) is 7.69. The lowest BCUT2D eigenvalue weighted by Crippen LogP contribution is -2.29. The lowest BCUT2D eigenvalue weighted by molar-refractivity contribution is 0.489. The van der Waals surface area contributed by atoms with Gasteiger partial charge in [0.15, 0.2) is 0 Å². The number of hydrogen-bond acceptors (Lipinski definition) is 3. The summed E-state index contributed by atoms with van der Waals surface area (Å²) < 4.78 is 0. The molecule has 0 rings (SSSR count). The van der Waals surface area contributed by atoms with Crippen LogP contribution < -0.4 is 16.4 Å². The van der Waals surface area contributed by atoms with Crippen molar-refractivity contribution in [3.8, 4) is 0 Å². The van der Waals surface area contributed by atoms with Gasteiger partial charge in [-0.2, -0.15) is 0 Å². The van der Waals surface area contributed by atoms with Crippen molar-refractivity contribution >= 4 is 0 Å².